The van der Waals surface area contributed by atoms with Crippen molar-refractivity contribution in [2.24, 2.45) is 0 Å². The van der Waals surface area contributed by atoms with Crippen LogP contribution in [0.4, 0.5) is 0 Å². The fraction of sp³-hybridized carbons (Fsp3) is 0.714. The summed E-state index contributed by atoms with van der Waals surface area (Å²) in [4.78, 5) is 0. The van der Waals surface area contributed by atoms with Crippen LogP contribution in [-0.4, -0.2) is 32.3 Å². The molecule has 0 fully saturated rings. The third-order valence-corrected chi connectivity index (χ3v) is 21.3. The Morgan fingerprint density at radius 2 is 1.33 bits per heavy atom. The predicted molar refractivity (Wildman–Crippen MR) is 107 cm³/mol. The van der Waals surface area contributed by atoms with E-state index in [1.807, 2.05) is 0 Å². The van der Waals surface area contributed by atoms with Crippen molar-refractivity contribution in [3.05, 3.63) is 35.9 Å². The van der Waals surface area contributed by atoms with E-state index in [2.05, 4.69) is 51.1 Å². The zero-order valence-electron chi connectivity index (χ0n) is 16.4. The topological polar surface area (TPSA) is 18.5 Å². The molecule has 0 aliphatic heterocycles. The Morgan fingerprint density at radius 1 is 0.833 bits per heavy atom. The maximum absolute atomic E-state index is 6.41. The van der Waals surface area contributed by atoms with Gasteiger partial charge in [-0.2, -0.15) is 0 Å². The molecular weight excluding hydrogens is 403 g/mol. The zero-order chi connectivity index (χ0) is 17.7. The number of methoxy groups -OCH3 is 1. The van der Waals surface area contributed by atoms with Crippen molar-refractivity contribution in [3.63, 3.8) is 0 Å². The number of rotatable bonds is 14. The molecule has 0 bridgehead atoms. The summed E-state index contributed by atoms with van der Waals surface area (Å²) in [5.41, 5.74) is 1.40. The second kappa shape index (κ2) is 13.2. The predicted octanol–water partition coefficient (Wildman–Crippen LogP) is 6.74. The fourth-order valence-corrected chi connectivity index (χ4v) is 21.0. The molecule has 1 unspecified atom stereocenters. The van der Waals surface area contributed by atoms with Crippen molar-refractivity contribution >= 4 is 18.4 Å². The van der Waals surface area contributed by atoms with Gasteiger partial charge in [0.2, 0.25) is 0 Å². The summed E-state index contributed by atoms with van der Waals surface area (Å²) < 4.78 is 16.4. The van der Waals surface area contributed by atoms with E-state index in [-0.39, 0.29) is 0 Å². The Labute approximate surface area is 154 Å². The van der Waals surface area contributed by atoms with Gasteiger partial charge in [0.15, 0.2) is 0 Å². The zero-order valence-corrected chi connectivity index (χ0v) is 19.2. The van der Waals surface area contributed by atoms with Crippen LogP contribution in [0, 0.1) is 0 Å². The molecule has 0 N–H and O–H groups in total. The average molecular weight is 441 g/mol. The van der Waals surface area contributed by atoms with Gasteiger partial charge >= 0.3 is 154 Å². The van der Waals surface area contributed by atoms with Gasteiger partial charge in [0.1, 0.15) is 0 Å². The van der Waals surface area contributed by atoms with Crippen LogP contribution < -0.4 is 0 Å². The molecular formula is C21H38O2Sn. The van der Waals surface area contributed by atoms with Gasteiger partial charge in [-0.25, -0.2) is 0 Å². The molecule has 1 atom stereocenters. The molecule has 1 aromatic rings. The molecule has 0 saturated heterocycles. The van der Waals surface area contributed by atoms with E-state index >= 15 is 0 Å². The van der Waals surface area contributed by atoms with Gasteiger partial charge in [0.05, 0.1) is 0 Å². The molecule has 1 aromatic carbocycles. The van der Waals surface area contributed by atoms with E-state index < -0.39 is 18.4 Å². The van der Waals surface area contributed by atoms with Crippen LogP contribution in [0.3, 0.4) is 0 Å². The van der Waals surface area contributed by atoms with Crippen molar-refractivity contribution in [3.8, 4) is 0 Å². The van der Waals surface area contributed by atoms with Crippen molar-refractivity contribution in [2.45, 2.75) is 76.7 Å². The molecule has 0 radical (unpaired) electrons. The third-order valence-electron chi connectivity index (χ3n) is 5.10. The molecule has 0 heterocycles. The van der Waals surface area contributed by atoms with Crippen LogP contribution in [0.5, 0.6) is 0 Å². The summed E-state index contributed by atoms with van der Waals surface area (Å²) in [5, 5.41) is 0. The Kier molecular flexibility index (Phi) is 12.1. The summed E-state index contributed by atoms with van der Waals surface area (Å²) >= 11 is -2.49. The molecule has 0 amide bonds. The molecule has 0 aliphatic rings. The number of unbranched alkanes of at least 4 members (excludes halogenated alkanes) is 3. The van der Waals surface area contributed by atoms with Crippen molar-refractivity contribution < 1.29 is 9.47 Å². The van der Waals surface area contributed by atoms with Crippen LogP contribution in [-0.2, 0) is 9.47 Å². The average Bonchev–Trinajstić information content (AvgIpc) is 2.63. The fourth-order valence-electron chi connectivity index (χ4n) is 3.75. The maximum atomic E-state index is 6.41. The second-order valence-corrected chi connectivity index (χ2v) is 20.6. The van der Waals surface area contributed by atoms with Crippen molar-refractivity contribution in [2.75, 3.05) is 13.9 Å². The minimum atomic E-state index is -2.49. The van der Waals surface area contributed by atoms with Gasteiger partial charge in [-0.1, -0.05) is 0 Å². The summed E-state index contributed by atoms with van der Waals surface area (Å²) in [7, 11) is 1.74. The quantitative estimate of drug-likeness (QED) is 0.235. The Bertz CT molecular complexity index is 386. The monoisotopic (exact) mass is 442 g/mol. The second-order valence-electron chi connectivity index (χ2n) is 7.04. The first-order valence-electron chi connectivity index (χ1n) is 9.89. The summed E-state index contributed by atoms with van der Waals surface area (Å²) in [6.07, 6.45) is 7.98. The first-order valence-corrected chi connectivity index (χ1v) is 17.6. The summed E-state index contributed by atoms with van der Waals surface area (Å²) in [6.45, 7) is 7.39. The normalized spacial score (nSPS) is 13.2. The van der Waals surface area contributed by atoms with Crippen LogP contribution in [0.15, 0.2) is 30.3 Å². The van der Waals surface area contributed by atoms with Crippen LogP contribution >= 0.6 is 0 Å². The molecule has 24 heavy (non-hydrogen) atoms. The number of hydrogen-bond donors (Lipinski definition) is 0. The Morgan fingerprint density at radius 3 is 1.75 bits per heavy atom. The third kappa shape index (κ3) is 7.05. The standard InChI is InChI=1S/C9H11O2.3C4H9.Sn/c1-10-8-11-7-9-5-3-2-4-6-9;3*1-3-4-2;/h2-7H,8H2,1H3;3*1,3-4H2,2H3;. The Hall–Kier alpha value is -0.0613. The number of ether oxygens (including phenoxy) is 2. The SMILES string of the molecule is CCC[CH2][Sn]([CH2]CCC)([CH2]CCC)[CH](OCOC)c1ccccc1. The number of hydrogen-bond acceptors (Lipinski definition) is 2. The summed E-state index contributed by atoms with van der Waals surface area (Å²) in [5.74, 6) is 0. The van der Waals surface area contributed by atoms with Gasteiger partial charge in [0, 0.05) is 0 Å². The van der Waals surface area contributed by atoms with Gasteiger partial charge in [-0.05, 0) is 0 Å². The number of benzene rings is 1. The molecule has 0 saturated carbocycles. The molecule has 2 nitrogen and oxygen atoms in total. The van der Waals surface area contributed by atoms with Gasteiger partial charge < -0.3 is 0 Å². The van der Waals surface area contributed by atoms with Crippen molar-refractivity contribution in [1.82, 2.24) is 0 Å². The van der Waals surface area contributed by atoms with E-state index in [0.717, 1.165) is 0 Å². The van der Waals surface area contributed by atoms with Crippen LogP contribution in [0.1, 0.15) is 69.0 Å². The van der Waals surface area contributed by atoms with E-state index in [9.17, 15) is 0 Å². The van der Waals surface area contributed by atoms with Crippen LogP contribution in [0.25, 0.3) is 0 Å². The molecule has 0 aliphatic carbocycles. The minimum absolute atomic E-state index is 0.338. The van der Waals surface area contributed by atoms with E-state index in [4.69, 9.17) is 9.47 Å². The van der Waals surface area contributed by atoms with E-state index in [1.165, 1.54) is 57.4 Å². The van der Waals surface area contributed by atoms with E-state index in [1.54, 1.807) is 7.11 Å². The molecule has 0 spiro atoms. The van der Waals surface area contributed by atoms with Crippen molar-refractivity contribution in [1.29, 1.82) is 0 Å². The first-order chi connectivity index (χ1) is 11.7. The summed E-state index contributed by atoms with van der Waals surface area (Å²) in [6, 6.07) is 11.0. The molecule has 3 heteroatoms. The van der Waals surface area contributed by atoms with Gasteiger partial charge in [-0.15, -0.1) is 0 Å². The van der Waals surface area contributed by atoms with Gasteiger partial charge in [0.25, 0.3) is 0 Å². The van der Waals surface area contributed by atoms with Gasteiger partial charge in [-0.3, -0.25) is 0 Å². The molecule has 0 aromatic heterocycles. The Balaban J connectivity index is 3.17. The van der Waals surface area contributed by atoms with E-state index in [0.29, 0.717) is 10.9 Å². The van der Waals surface area contributed by atoms with Crippen LogP contribution in [0.2, 0.25) is 13.3 Å². The first kappa shape index (κ1) is 22.0. The molecule has 138 valence electrons. The molecule has 1 rings (SSSR count).